The van der Waals surface area contributed by atoms with Gasteiger partial charge in [0.05, 0.1) is 12.0 Å². The molecule has 0 aromatic heterocycles. The molecule has 2 bridgehead atoms. The minimum Gasteiger partial charge on any atom is -0.481 e. The van der Waals surface area contributed by atoms with E-state index < -0.39 is 5.97 Å². The predicted octanol–water partition coefficient (Wildman–Crippen LogP) is 2.84. The Morgan fingerprint density at radius 1 is 1.32 bits per heavy atom. The van der Waals surface area contributed by atoms with E-state index >= 15 is 0 Å². The van der Waals surface area contributed by atoms with Crippen LogP contribution in [0.2, 0.25) is 0 Å². The summed E-state index contributed by atoms with van der Waals surface area (Å²) in [7, 11) is 0. The Bertz CT molecular complexity index is 426. The molecule has 2 saturated carbocycles. The second kappa shape index (κ2) is 4.08. The van der Waals surface area contributed by atoms with Crippen LogP contribution in [0.3, 0.4) is 0 Å². The molecule has 2 N–H and O–H groups in total. The molecular weight excluding hydrogens is 240 g/mol. The largest absolute Gasteiger partial charge is 0.481 e. The molecule has 3 nitrogen and oxygen atoms in total. The first-order valence-corrected chi connectivity index (χ1v) is 7.46. The number of carboxylic acid groups (broad SMARTS) is 1. The molecule has 0 aromatic carbocycles. The molecule has 3 aliphatic rings. The van der Waals surface area contributed by atoms with Crippen LogP contribution in [-0.4, -0.2) is 22.3 Å². The van der Waals surface area contributed by atoms with E-state index in [1.165, 1.54) is 0 Å². The zero-order valence-electron chi connectivity index (χ0n) is 11.8. The highest BCUT2D eigenvalue weighted by molar-refractivity contribution is 5.72. The second-order valence-electron chi connectivity index (χ2n) is 7.42. The van der Waals surface area contributed by atoms with Crippen LogP contribution >= 0.6 is 0 Å². The summed E-state index contributed by atoms with van der Waals surface area (Å²) >= 11 is 0. The number of hydrogen-bond donors (Lipinski definition) is 2. The van der Waals surface area contributed by atoms with Gasteiger partial charge in [0.2, 0.25) is 0 Å². The summed E-state index contributed by atoms with van der Waals surface area (Å²) in [5.41, 5.74) is 0.120. The SMILES string of the molecule is CC(C)(C1CCC(O)C1)C12C=CC(C1)C(C(=O)O)C2. The van der Waals surface area contributed by atoms with Crippen molar-refractivity contribution in [3.63, 3.8) is 0 Å². The molecule has 2 fully saturated rings. The number of aliphatic hydroxyl groups excluding tert-OH is 1. The van der Waals surface area contributed by atoms with Crippen molar-refractivity contribution in [3.8, 4) is 0 Å². The average molecular weight is 264 g/mol. The van der Waals surface area contributed by atoms with Crippen LogP contribution in [0.15, 0.2) is 12.2 Å². The first kappa shape index (κ1) is 13.2. The Hall–Kier alpha value is -0.830. The van der Waals surface area contributed by atoms with Crippen molar-refractivity contribution >= 4 is 5.97 Å². The van der Waals surface area contributed by atoms with Gasteiger partial charge >= 0.3 is 5.97 Å². The lowest BCUT2D eigenvalue weighted by Gasteiger charge is -2.46. The fourth-order valence-electron chi connectivity index (χ4n) is 4.87. The molecule has 0 heterocycles. The van der Waals surface area contributed by atoms with Gasteiger partial charge in [0.15, 0.2) is 0 Å². The Morgan fingerprint density at radius 2 is 2.05 bits per heavy atom. The third-order valence-corrected chi connectivity index (χ3v) is 6.39. The van der Waals surface area contributed by atoms with Crippen molar-refractivity contribution < 1.29 is 15.0 Å². The smallest absolute Gasteiger partial charge is 0.307 e. The van der Waals surface area contributed by atoms with E-state index in [9.17, 15) is 15.0 Å². The first-order chi connectivity index (χ1) is 8.86. The fraction of sp³-hybridized carbons (Fsp3) is 0.812. The molecule has 0 spiro atoms. The molecule has 19 heavy (non-hydrogen) atoms. The van der Waals surface area contributed by atoms with E-state index in [2.05, 4.69) is 26.0 Å². The number of rotatable bonds is 3. The van der Waals surface area contributed by atoms with Gasteiger partial charge in [-0.15, -0.1) is 0 Å². The summed E-state index contributed by atoms with van der Waals surface area (Å²) < 4.78 is 0. The van der Waals surface area contributed by atoms with E-state index in [1.54, 1.807) is 0 Å². The van der Waals surface area contributed by atoms with E-state index in [0.717, 1.165) is 32.1 Å². The normalized spacial score (nSPS) is 45.0. The van der Waals surface area contributed by atoms with Crippen LogP contribution in [0.4, 0.5) is 0 Å². The van der Waals surface area contributed by atoms with E-state index in [1.807, 2.05) is 0 Å². The van der Waals surface area contributed by atoms with Crippen LogP contribution in [0.1, 0.15) is 46.0 Å². The topological polar surface area (TPSA) is 57.5 Å². The summed E-state index contributed by atoms with van der Waals surface area (Å²) in [5, 5.41) is 19.1. The summed E-state index contributed by atoms with van der Waals surface area (Å²) in [6.07, 6.45) is 8.90. The highest BCUT2D eigenvalue weighted by Crippen LogP contribution is 2.64. The van der Waals surface area contributed by atoms with Gasteiger partial charge in [0.1, 0.15) is 0 Å². The number of aliphatic carboxylic acids is 1. The second-order valence-corrected chi connectivity index (χ2v) is 7.42. The Morgan fingerprint density at radius 3 is 2.58 bits per heavy atom. The maximum atomic E-state index is 11.4. The standard InChI is InChI=1S/C16H24O3/c1-15(2,11-3-4-12(17)7-11)16-6-5-10(8-16)13(9-16)14(18)19/h5-6,10-13,17H,3-4,7-9H2,1-2H3,(H,18,19). The maximum absolute atomic E-state index is 11.4. The number of aliphatic hydroxyl groups is 1. The highest BCUT2D eigenvalue weighted by atomic mass is 16.4. The van der Waals surface area contributed by atoms with E-state index in [0.29, 0.717) is 5.92 Å². The van der Waals surface area contributed by atoms with Gasteiger partial charge in [-0.25, -0.2) is 0 Å². The summed E-state index contributed by atoms with van der Waals surface area (Å²) in [6.45, 7) is 4.57. The molecule has 3 heteroatoms. The van der Waals surface area contributed by atoms with E-state index in [4.69, 9.17) is 0 Å². The molecule has 0 aromatic rings. The van der Waals surface area contributed by atoms with Crippen molar-refractivity contribution in [2.45, 2.75) is 52.1 Å². The van der Waals surface area contributed by atoms with Gasteiger partial charge in [-0.2, -0.15) is 0 Å². The number of allylic oxidation sites excluding steroid dienone is 2. The van der Waals surface area contributed by atoms with Crippen LogP contribution in [0.25, 0.3) is 0 Å². The average Bonchev–Trinajstić information content (AvgIpc) is 3.02. The predicted molar refractivity (Wildman–Crippen MR) is 72.6 cm³/mol. The molecule has 106 valence electrons. The number of carboxylic acids is 1. The van der Waals surface area contributed by atoms with Crippen molar-refractivity contribution in [2.24, 2.45) is 28.6 Å². The molecule has 0 aliphatic heterocycles. The minimum atomic E-state index is -0.640. The van der Waals surface area contributed by atoms with Gasteiger partial charge in [-0.3, -0.25) is 4.79 Å². The maximum Gasteiger partial charge on any atom is 0.307 e. The van der Waals surface area contributed by atoms with Gasteiger partial charge < -0.3 is 10.2 Å². The summed E-state index contributed by atoms with van der Waals surface area (Å²) in [4.78, 5) is 11.4. The van der Waals surface area contributed by atoms with Crippen molar-refractivity contribution in [3.05, 3.63) is 12.2 Å². The molecule has 3 aliphatic carbocycles. The summed E-state index contributed by atoms with van der Waals surface area (Å²) in [6, 6.07) is 0. The van der Waals surface area contributed by atoms with Crippen molar-refractivity contribution in [1.82, 2.24) is 0 Å². The van der Waals surface area contributed by atoms with Crippen molar-refractivity contribution in [1.29, 1.82) is 0 Å². The number of fused-ring (bicyclic) bond motifs is 2. The lowest BCUT2D eigenvalue weighted by Crippen LogP contribution is -2.40. The van der Waals surface area contributed by atoms with Crippen LogP contribution in [-0.2, 0) is 4.79 Å². The van der Waals surface area contributed by atoms with Gasteiger partial charge in [0.25, 0.3) is 0 Å². The minimum absolute atomic E-state index is 0.0372. The molecule has 5 atom stereocenters. The molecule has 0 radical (unpaired) electrons. The van der Waals surface area contributed by atoms with Crippen molar-refractivity contribution in [2.75, 3.05) is 0 Å². The zero-order valence-corrected chi connectivity index (χ0v) is 11.8. The molecule has 0 amide bonds. The lowest BCUT2D eigenvalue weighted by molar-refractivity contribution is -0.143. The van der Waals surface area contributed by atoms with Crippen LogP contribution < -0.4 is 0 Å². The van der Waals surface area contributed by atoms with Gasteiger partial charge in [-0.05, 0) is 54.8 Å². The monoisotopic (exact) mass is 264 g/mol. The molecule has 3 rings (SSSR count). The first-order valence-electron chi connectivity index (χ1n) is 7.46. The zero-order chi connectivity index (χ0) is 13.8. The van der Waals surface area contributed by atoms with Gasteiger partial charge in [0, 0.05) is 0 Å². The quantitative estimate of drug-likeness (QED) is 0.771. The Labute approximate surface area is 114 Å². The third-order valence-electron chi connectivity index (χ3n) is 6.39. The number of hydrogen-bond acceptors (Lipinski definition) is 2. The third kappa shape index (κ3) is 1.78. The van der Waals surface area contributed by atoms with Crippen LogP contribution in [0, 0.1) is 28.6 Å². The number of carbonyl (C=O) groups is 1. The molecule has 0 saturated heterocycles. The van der Waals surface area contributed by atoms with Crippen LogP contribution in [0.5, 0.6) is 0 Å². The highest BCUT2D eigenvalue weighted by Gasteiger charge is 2.58. The Kier molecular flexibility index (Phi) is 2.83. The van der Waals surface area contributed by atoms with Gasteiger partial charge in [-0.1, -0.05) is 26.0 Å². The fourth-order valence-corrected chi connectivity index (χ4v) is 4.87. The van der Waals surface area contributed by atoms with E-state index in [-0.39, 0.29) is 28.8 Å². The molecular formula is C16H24O3. The Balaban J connectivity index is 1.86. The summed E-state index contributed by atoms with van der Waals surface area (Å²) in [5.74, 6) is -0.101. The lowest BCUT2D eigenvalue weighted by atomic mass is 9.58. The molecule has 5 unspecified atom stereocenters.